The minimum Gasteiger partial charge on any atom is -0.489 e. The van der Waals surface area contributed by atoms with E-state index >= 15 is 0 Å². The number of hydrogen-bond donors (Lipinski definition) is 1. The highest BCUT2D eigenvalue weighted by atomic mass is 16.5. The zero-order valence-electron chi connectivity index (χ0n) is 8.07. The lowest BCUT2D eigenvalue weighted by Crippen LogP contribution is -2.25. The van der Waals surface area contributed by atoms with Crippen molar-refractivity contribution >= 4 is 5.97 Å². The third-order valence-corrected chi connectivity index (χ3v) is 1.88. The second kappa shape index (κ2) is 3.49. The van der Waals surface area contributed by atoms with Crippen LogP contribution in [0.3, 0.4) is 0 Å². The molecule has 1 heterocycles. The van der Waals surface area contributed by atoms with E-state index in [2.05, 4.69) is 4.98 Å². The molecule has 14 heavy (non-hydrogen) atoms. The first kappa shape index (κ1) is 10.2. The van der Waals surface area contributed by atoms with Crippen molar-refractivity contribution in [1.82, 2.24) is 9.55 Å². The Kier molecular flexibility index (Phi) is 2.55. The first-order chi connectivity index (χ1) is 6.49. The van der Waals surface area contributed by atoms with Crippen LogP contribution in [-0.4, -0.2) is 27.7 Å². The van der Waals surface area contributed by atoms with Crippen LogP contribution in [0, 0.1) is 6.92 Å². The van der Waals surface area contributed by atoms with Gasteiger partial charge in [0.1, 0.15) is 5.82 Å². The summed E-state index contributed by atoms with van der Waals surface area (Å²) in [6.45, 7) is 1.55. The predicted octanol–water partition coefficient (Wildman–Crippen LogP) is -0.204. The third kappa shape index (κ3) is 1.46. The van der Waals surface area contributed by atoms with Crippen LogP contribution in [0.15, 0.2) is 4.79 Å². The first-order valence-corrected chi connectivity index (χ1v) is 3.84. The number of nitrogens with zero attached hydrogens (tertiary/aromatic N) is 2. The van der Waals surface area contributed by atoms with Gasteiger partial charge in [-0.1, -0.05) is 0 Å². The number of carboxylic acid groups (broad SMARTS) is 1. The molecule has 0 fully saturated rings. The standard InChI is InChI=1S/C8H10N2O4/c1-4-9-5(8(12)13)6(14-3)7(11)10(4)2/h1-3H3,(H,12,13). The summed E-state index contributed by atoms with van der Waals surface area (Å²) in [5.74, 6) is -1.19. The second-order valence-electron chi connectivity index (χ2n) is 2.71. The van der Waals surface area contributed by atoms with Crippen LogP contribution < -0.4 is 10.3 Å². The van der Waals surface area contributed by atoms with Crippen LogP contribution in [0.2, 0.25) is 0 Å². The maximum atomic E-state index is 11.5. The Bertz CT molecular complexity index is 436. The fourth-order valence-corrected chi connectivity index (χ4v) is 1.02. The van der Waals surface area contributed by atoms with Gasteiger partial charge in [-0.2, -0.15) is 0 Å². The van der Waals surface area contributed by atoms with Crippen LogP contribution in [0.1, 0.15) is 16.3 Å². The smallest absolute Gasteiger partial charge is 0.358 e. The van der Waals surface area contributed by atoms with Crippen molar-refractivity contribution < 1.29 is 14.6 Å². The molecule has 1 N–H and O–H groups in total. The molecule has 76 valence electrons. The van der Waals surface area contributed by atoms with E-state index < -0.39 is 11.5 Å². The largest absolute Gasteiger partial charge is 0.489 e. The van der Waals surface area contributed by atoms with Crippen LogP contribution in [0.5, 0.6) is 5.75 Å². The summed E-state index contributed by atoms with van der Waals surface area (Å²) in [5.41, 5.74) is -0.856. The SMILES string of the molecule is COc1c(C(=O)O)nc(C)n(C)c1=O. The molecular weight excluding hydrogens is 188 g/mol. The van der Waals surface area contributed by atoms with E-state index in [0.29, 0.717) is 5.82 Å². The number of rotatable bonds is 2. The minimum absolute atomic E-state index is 0.245. The molecule has 0 atom stereocenters. The Hall–Kier alpha value is -1.85. The summed E-state index contributed by atoms with van der Waals surface area (Å²) in [4.78, 5) is 25.9. The summed E-state index contributed by atoms with van der Waals surface area (Å²) in [7, 11) is 2.74. The lowest BCUT2D eigenvalue weighted by Gasteiger charge is -2.07. The average molecular weight is 198 g/mol. The number of methoxy groups -OCH3 is 1. The molecule has 0 aliphatic carbocycles. The van der Waals surface area contributed by atoms with E-state index in [9.17, 15) is 9.59 Å². The Morgan fingerprint density at radius 1 is 1.57 bits per heavy atom. The van der Waals surface area contributed by atoms with Gasteiger partial charge in [-0.05, 0) is 6.92 Å². The van der Waals surface area contributed by atoms with Crippen molar-refractivity contribution in [3.05, 3.63) is 21.9 Å². The van der Waals surface area contributed by atoms with Crippen LogP contribution >= 0.6 is 0 Å². The monoisotopic (exact) mass is 198 g/mol. The van der Waals surface area contributed by atoms with Crippen LogP contribution in [-0.2, 0) is 7.05 Å². The molecule has 6 nitrogen and oxygen atoms in total. The first-order valence-electron chi connectivity index (χ1n) is 3.84. The third-order valence-electron chi connectivity index (χ3n) is 1.88. The van der Waals surface area contributed by atoms with E-state index in [1.807, 2.05) is 0 Å². The number of ether oxygens (including phenoxy) is 1. The van der Waals surface area contributed by atoms with Crippen molar-refractivity contribution in [3.8, 4) is 5.75 Å². The highest BCUT2D eigenvalue weighted by Crippen LogP contribution is 2.09. The quantitative estimate of drug-likeness (QED) is 0.711. The van der Waals surface area contributed by atoms with Crippen molar-refractivity contribution in [2.24, 2.45) is 7.05 Å². The van der Waals surface area contributed by atoms with Gasteiger partial charge in [-0.25, -0.2) is 9.78 Å². The number of aromatic nitrogens is 2. The van der Waals surface area contributed by atoms with Crippen LogP contribution in [0.4, 0.5) is 0 Å². The summed E-state index contributed by atoms with van der Waals surface area (Å²) in [6.07, 6.45) is 0. The number of aryl methyl sites for hydroxylation is 1. The van der Waals surface area contributed by atoms with Gasteiger partial charge in [0.2, 0.25) is 5.75 Å². The molecule has 0 amide bonds. The topological polar surface area (TPSA) is 81.4 Å². The molecule has 0 saturated carbocycles. The molecule has 0 spiro atoms. The number of carboxylic acids is 1. The highest BCUT2D eigenvalue weighted by molar-refractivity contribution is 5.88. The van der Waals surface area contributed by atoms with Gasteiger partial charge >= 0.3 is 5.97 Å². The average Bonchev–Trinajstić information content (AvgIpc) is 2.13. The van der Waals surface area contributed by atoms with Gasteiger partial charge in [-0.3, -0.25) is 9.36 Å². The summed E-state index contributed by atoms with van der Waals surface area (Å²) in [6, 6.07) is 0. The minimum atomic E-state index is -1.28. The van der Waals surface area contributed by atoms with E-state index in [1.54, 1.807) is 6.92 Å². The summed E-state index contributed by atoms with van der Waals surface area (Å²) >= 11 is 0. The molecule has 1 aromatic heterocycles. The molecule has 0 aliphatic rings. The van der Waals surface area contributed by atoms with E-state index in [4.69, 9.17) is 9.84 Å². The normalized spacial score (nSPS) is 9.93. The molecule has 0 bridgehead atoms. The van der Waals surface area contributed by atoms with Crippen molar-refractivity contribution in [2.45, 2.75) is 6.92 Å². The fourth-order valence-electron chi connectivity index (χ4n) is 1.02. The maximum Gasteiger partial charge on any atom is 0.358 e. The lowest BCUT2D eigenvalue weighted by molar-refractivity contribution is 0.0685. The molecule has 6 heteroatoms. The number of hydrogen-bond acceptors (Lipinski definition) is 4. The molecule has 0 saturated heterocycles. The van der Waals surface area contributed by atoms with Gasteiger partial charge in [0.25, 0.3) is 5.56 Å². The Morgan fingerprint density at radius 3 is 2.57 bits per heavy atom. The molecule has 0 unspecified atom stereocenters. The summed E-state index contributed by atoms with van der Waals surface area (Å²) in [5, 5.41) is 8.75. The van der Waals surface area contributed by atoms with Crippen molar-refractivity contribution in [3.63, 3.8) is 0 Å². The highest BCUT2D eigenvalue weighted by Gasteiger charge is 2.18. The number of aromatic carboxylic acids is 1. The summed E-state index contributed by atoms with van der Waals surface area (Å²) < 4.78 is 5.92. The Labute approximate surface area is 79.8 Å². The number of carbonyl (C=O) groups is 1. The van der Waals surface area contributed by atoms with E-state index in [-0.39, 0.29) is 11.4 Å². The molecule has 0 aromatic carbocycles. The van der Waals surface area contributed by atoms with Gasteiger partial charge in [0, 0.05) is 7.05 Å². The van der Waals surface area contributed by atoms with Gasteiger partial charge in [0.05, 0.1) is 7.11 Å². The Morgan fingerprint density at radius 2 is 2.14 bits per heavy atom. The second-order valence-corrected chi connectivity index (χ2v) is 2.71. The van der Waals surface area contributed by atoms with Gasteiger partial charge < -0.3 is 9.84 Å². The molecule has 0 aliphatic heterocycles. The molecular formula is C8H10N2O4. The predicted molar refractivity (Wildman–Crippen MR) is 47.7 cm³/mol. The van der Waals surface area contributed by atoms with E-state index in [1.165, 1.54) is 18.7 Å². The van der Waals surface area contributed by atoms with Crippen LogP contribution in [0.25, 0.3) is 0 Å². The van der Waals surface area contributed by atoms with E-state index in [0.717, 1.165) is 0 Å². The molecule has 1 rings (SSSR count). The van der Waals surface area contributed by atoms with Gasteiger partial charge in [0.15, 0.2) is 5.69 Å². The maximum absolute atomic E-state index is 11.5. The molecule has 0 radical (unpaired) electrons. The lowest BCUT2D eigenvalue weighted by atomic mass is 10.3. The zero-order valence-corrected chi connectivity index (χ0v) is 8.07. The zero-order chi connectivity index (χ0) is 10.9. The Balaban J connectivity index is 3.60. The van der Waals surface area contributed by atoms with Gasteiger partial charge in [-0.15, -0.1) is 0 Å². The molecule has 1 aromatic rings. The van der Waals surface area contributed by atoms with Crippen molar-refractivity contribution in [1.29, 1.82) is 0 Å². The van der Waals surface area contributed by atoms with Crippen molar-refractivity contribution in [2.75, 3.05) is 7.11 Å². The fraction of sp³-hybridized carbons (Fsp3) is 0.375.